The molecular weight excluding hydrogens is 250 g/mol. The first kappa shape index (κ1) is 14.3. The summed E-state index contributed by atoms with van der Waals surface area (Å²) in [6, 6.07) is 0. The molecule has 0 aromatic heterocycles. The van der Waals surface area contributed by atoms with Crippen molar-refractivity contribution in [2.45, 2.75) is 38.5 Å². The Morgan fingerprint density at radius 1 is 0.900 bits per heavy atom. The van der Waals surface area contributed by atoms with E-state index in [9.17, 15) is 4.79 Å². The molecule has 20 heavy (non-hydrogen) atoms. The van der Waals surface area contributed by atoms with E-state index in [0.717, 1.165) is 64.3 Å². The van der Waals surface area contributed by atoms with Gasteiger partial charge >= 0.3 is 0 Å². The Hall–Kier alpha value is -0.610. The minimum Gasteiger partial charge on any atom is -0.340 e. The van der Waals surface area contributed by atoms with Gasteiger partial charge in [-0.1, -0.05) is 0 Å². The molecule has 2 aliphatic carbocycles. The normalized spacial score (nSPS) is 32.4. The van der Waals surface area contributed by atoms with Crippen LogP contribution in [0.2, 0.25) is 0 Å². The SMILES string of the molecule is NCC1CCC(C(=O)N2CCN(CC3CC3)CC2)CC1. The predicted octanol–water partition coefficient (Wildman–Crippen LogP) is 1.31. The first-order chi connectivity index (χ1) is 9.76. The van der Waals surface area contributed by atoms with Crippen molar-refractivity contribution in [2.75, 3.05) is 39.3 Å². The summed E-state index contributed by atoms with van der Waals surface area (Å²) in [4.78, 5) is 17.2. The summed E-state index contributed by atoms with van der Waals surface area (Å²) in [5.74, 6) is 2.33. The number of piperazine rings is 1. The van der Waals surface area contributed by atoms with Gasteiger partial charge in [-0.3, -0.25) is 9.69 Å². The third-order valence-corrected chi connectivity index (χ3v) is 5.43. The maximum Gasteiger partial charge on any atom is 0.225 e. The fourth-order valence-corrected chi connectivity index (χ4v) is 3.72. The zero-order chi connectivity index (χ0) is 13.9. The average molecular weight is 279 g/mol. The fourth-order valence-electron chi connectivity index (χ4n) is 3.72. The quantitative estimate of drug-likeness (QED) is 0.844. The van der Waals surface area contributed by atoms with Crippen LogP contribution in [-0.2, 0) is 4.79 Å². The van der Waals surface area contributed by atoms with E-state index in [-0.39, 0.29) is 5.92 Å². The predicted molar refractivity (Wildman–Crippen MR) is 80.2 cm³/mol. The van der Waals surface area contributed by atoms with Crippen LogP contribution in [0.1, 0.15) is 38.5 Å². The van der Waals surface area contributed by atoms with E-state index < -0.39 is 0 Å². The van der Waals surface area contributed by atoms with Crippen molar-refractivity contribution in [2.24, 2.45) is 23.5 Å². The lowest BCUT2D eigenvalue weighted by atomic mass is 9.81. The largest absolute Gasteiger partial charge is 0.340 e. The van der Waals surface area contributed by atoms with Gasteiger partial charge < -0.3 is 10.6 Å². The molecule has 0 radical (unpaired) electrons. The van der Waals surface area contributed by atoms with Crippen LogP contribution in [-0.4, -0.2) is 55.0 Å². The summed E-state index contributed by atoms with van der Waals surface area (Å²) >= 11 is 0. The molecule has 2 saturated carbocycles. The highest BCUT2D eigenvalue weighted by Gasteiger charge is 2.32. The van der Waals surface area contributed by atoms with E-state index in [1.165, 1.54) is 19.4 Å². The fraction of sp³-hybridized carbons (Fsp3) is 0.938. The molecule has 0 aromatic rings. The molecule has 114 valence electrons. The smallest absolute Gasteiger partial charge is 0.225 e. The van der Waals surface area contributed by atoms with E-state index >= 15 is 0 Å². The van der Waals surface area contributed by atoms with Crippen LogP contribution in [0.4, 0.5) is 0 Å². The number of amides is 1. The molecule has 0 aromatic carbocycles. The zero-order valence-corrected chi connectivity index (χ0v) is 12.6. The van der Waals surface area contributed by atoms with E-state index in [1.807, 2.05) is 0 Å². The van der Waals surface area contributed by atoms with Gasteiger partial charge in [0.1, 0.15) is 0 Å². The van der Waals surface area contributed by atoms with Crippen molar-refractivity contribution >= 4 is 5.91 Å². The summed E-state index contributed by atoms with van der Waals surface area (Å²) in [7, 11) is 0. The highest BCUT2D eigenvalue weighted by Crippen LogP contribution is 2.31. The van der Waals surface area contributed by atoms with E-state index in [0.29, 0.717) is 11.8 Å². The number of rotatable bonds is 4. The molecule has 0 spiro atoms. The summed E-state index contributed by atoms with van der Waals surface area (Å²) in [6.45, 7) is 6.12. The number of nitrogens with two attached hydrogens (primary N) is 1. The van der Waals surface area contributed by atoms with Crippen LogP contribution in [0.5, 0.6) is 0 Å². The van der Waals surface area contributed by atoms with Gasteiger partial charge in [0.2, 0.25) is 5.91 Å². The summed E-state index contributed by atoms with van der Waals surface area (Å²) in [5.41, 5.74) is 5.73. The molecule has 0 atom stereocenters. The number of nitrogens with zero attached hydrogens (tertiary/aromatic N) is 2. The van der Waals surface area contributed by atoms with Gasteiger partial charge in [-0.15, -0.1) is 0 Å². The second kappa shape index (κ2) is 6.44. The first-order valence-corrected chi connectivity index (χ1v) is 8.47. The van der Waals surface area contributed by atoms with Crippen molar-refractivity contribution in [3.8, 4) is 0 Å². The Kier molecular flexibility index (Phi) is 4.61. The molecule has 1 saturated heterocycles. The molecule has 3 rings (SSSR count). The minimum atomic E-state index is 0.285. The number of hydrogen-bond donors (Lipinski definition) is 1. The Bertz CT molecular complexity index is 327. The molecule has 0 bridgehead atoms. The van der Waals surface area contributed by atoms with Gasteiger partial charge in [-0.2, -0.15) is 0 Å². The maximum absolute atomic E-state index is 12.6. The van der Waals surface area contributed by atoms with Crippen molar-refractivity contribution in [1.82, 2.24) is 9.80 Å². The van der Waals surface area contributed by atoms with E-state index in [2.05, 4.69) is 9.80 Å². The van der Waals surface area contributed by atoms with Gasteiger partial charge in [0.05, 0.1) is 0 Å². The lowest BCUT2D eigenvalue weighted by Gasteiger charge is -2.38. The van der Waals surface area contributed by atoms with Crippen LogP contribution in [0, 0.1) is 17.8 Å². The van der Waals surface area contributed by atoms with Crippen molar-refractivity contribution in [1.29, 1.82) is 0 Å². The summed E-state index contributed by atoms with van der Waals surface area (Å²) < 4.78 is 0. The number of hydrogen-bond acceptors (Lipinski definition) is 3. The van der Waals surface area contributed by atoms with Crippen LogP contribution in [0.25, 0.3) is 0 Å². The highest BCUT2D eigenvalue weighted by atomic mass is 16.2. The minimum absolute atomic E-state index is 0.285. The van der Waals surface area contributed by atoms with Crippen LogP contribution >= 0.6 is 0 Å². The Labute approximate surface area is 122 Å². The molecule has 3 fully saturated rings. The van der Waals surface area contributed by atoms with Crippen LogP contribution in [0.3, 0.4) is 0 Å². The molecule has 1 heterocycles. The third kappa shape index (κ3) is 3.53. The first-order valence-electron chi connectivity index (χ1n) is 8.47. The van der Waals surface area contributed by atoms with E-state index in [4.69, 9.17) is 5.73 Å². The molecule has 0 unspecified atom stereocenters. The number of carbonyl (C=O) groups is 1. The highest BCUT2D eigenvalue weighted by molar-refractivity contribution is 5.79. The average Bonchev–Trinajstić information content (AvgIpc) is 3.31. The monoisotopic (exact) mass is 279 g/mol. The molecule has 4 nitrogen and oxygen atoms in total. The maximum atomic E-state index is 12.6. The van der Waals surface area contributed by atoms with Crippen LogP contribution in [0.15, 0.2) is 0 Å². The molecule has 2 N–H and O–H groups in total. The molecule has 1 aliphatic heterocycles. The summed E-state index contributed by atoms with van der Waals surface area (Å²) in [5, 5.41) is 0. The standard InChI is InChI=1S/C16H29N3O/c17-11-13-3-5-15(6-4-13)16(20)19-9-7-18(8-10-19)12-14-1-2-14/h13-15H,1-12,17H2. The van der Waals surface area contributed by atoms with E-state index in [1.54, 1.807) is 0 Å². The lowest BCUT2D eigenvalue weighted by molar-refractivity contribution is -0.138. The molecule has 3 aliphatic rings. The topological polar surface area (TPSA) is 49.6 Å². The molecular formula is C16H29N3O. The van der Waals surface area contributed by atoms with Gasteiger partial charge in [-0.25, -0.2) is 0 Å². The molecule has 1 amide bonds. The van der Waals surface area contributed by atoms with Crippen molar-refractivity contribution in [3.63, 3.8) is 0 Å². The van der Waals surface area contributed by atoms with Gasteiger partial charge in [0.25, 0.3) is 0 Å². The Balaban J connectivity index is 1.41. The van der Waals surface area contributed by atoms with Gasteiger partial charge in [0, 0.05) is 38.6 Å². The Morgan fingerprint density at radius 2 is 1.50 bits per heavy atom. The van der Waals surface area contributed by atoms with Crippen LogP contribution < -0.4 is 5.73 Å². The van der Waals surface area contributed by atoms with Gasteiger partial charge in [-0.05, 0) is 56.9 Å². The lowest BCUT2D eigenvalue weighted by Crippen LogP contribution is -2.51. The number of carbonyl (C=O) groups excluding carboxylic acids is 1. The van der Waals surface area contributed by atoms with Crippen molar-refractivity contribution in [3.05, 3.63) is 0 Å². The Morgan fingerprint density at radius 3 is 2.05 bits per heavy atom. The molecule has 4 heteroatoms. The zero-order valence-electron chi connectivity index (χ0n) is 12.6. The second-order valence-corrected chi connectivity index (χ2v) is 7.02. The van der Waals surface area contributed by atoms with Gasteiger partial charge in [0.15, 0.2) is 0 Å². The second-order valence-electron chi connectivity index (χ2n) is 7.02. The summed E-state index contributed by atoms with van der Waals surface area (Å²) in [6.07, 6.45) is 7.25. The third-order valence-electron chi connectivity index (χ3n) is 5.43. The van der Waals surface area contributed by atoms with Crippen molar-refractivity contribution < 1.29 is 4.79 Å².